The average molecular weight is 451 g/mol. The van der Waals surface area contributed by atoms with E-state index in [0.29, 0.717) is 18.7 Å². The molecule has 32 heavy (non-hydrogen) atoms. The Kier molecular flexibility index (Phi) is 7.92. The van der Waals surface area contributed by atoms with Crippen LogP contribution in [0.25, 0.3) is 11.3 Å². The molecule has 0 saturated carbocycles. The van der Waals surface area contributed by atoms with Crippen LogP contribution in [-0.2, 0) is 14.8 Å². The molecule has 0 aliphatic rings. The number of imidazole rings is 1. The number of ketones is 1. The summed E-state index contributed by atoms with van der Waals surface area (Å²) in [5.74, 6) is 0.655. The smallest absolute Gasteiger partial charge is 0.242 e. The van der Waals surface area contributed by atoms with Crippen molar-refractivity contribution in [2.45, 2.75) is 50.0 Å². The van der Waals surface area contributed by atoms with Gasteiger partial charge in [0.15, 0.2) is 0 Å². The maximum Gasteiger partial charge on any atom is 0.242 e. The third kappa shape index (κ3) is 6.13. The van der Waals surface area contributed by atoms with Crippen molar-refractivity contribution in [3.63, 3.8) is 0 Å². The van der Waals surface area contributed by atoms with Crippen LogP contribution < -0.4 is 4.72 Å². The van der Waals surface area contributed by atoms with Crippen molar-refractivity contribution in [3.05, 3.63) is 72.2 Å². The van der Waals surface area contributed by atoms with E-state index in [1.807, 2.05) is 36.4 Å². The summed E-state index contributed by atoms with van der Waals surface area (Å²) in [6, 6.07) is 17.1. The summed E-state index contributed by atoms with van der Waals surface area (Å²) < 4.78 is 28.9. The first-order valence-corrected chi connectivity index (χ1v) is 12.0. The third-order valence-electron chi connectivity index (χ3n) is 5.13. The number of nitrogens with zero attached hydrogens (tertiary/aromatic N) is 2. The van der Waals surface area contributed by atoms with E-state index in [2.05, 4.69) is 14.7 Å². The number of aromatic nitrogens is 2. The number of sulfonamides is 1. The molecule has 7 nitrogen and oxygen atoms in total. The minimum atomic E-state index is -3.95. The monoisotopic (exact) mass is 450 g/mol. The fourth-order valence-corrected chi connectivity index (χ4v) is 4.86. The largest absolute Gasteiger partial charge is 0.341 e. The summed E-state index contributed by atoms with van der Waals surface area (Å²) in [6.45, 7) is 1.57. The number of carbonyl (C=O) groups is 1. The molecule has 2 N–H and O–H groups in total. The molecule has 0 spiro atoms. The highest BCUT2D eigenvalue weighted by molar-refractivity contribution is 7.89. The number of hydrogen-bond acceptors (Lipinski definition) is 5. The van der Waals surface area contributed by atoms with Crippen molar-refractivity contribution in [1.29, 1.82) is 5.26 Å². The molecule has 0 fully saturated rings. The van der Waals surface area contributed by atoms with Crippen LogP contribution in [-0.4, -0.2) is 24.2 Å². The number of Topliss-reactive ketones (excluding diaryl/α,β-unsaturated/α-hetero) is 1. The highest BCUT2D eigenvalue weighted by atomic mass is 32.2. The predicted molar refractivity (Wildman–Crippen MR) is 122 cm³/mol. The van der Waals surface area contributed by atoms with Gasteiger partial charge in [0, 0.05) is 6.42 Å². The average Bonchev–Trinajstić information content (AvgIpc) is 3.28. The van der Waals surface area contributed by atoms with Crippen molar-refractivity contribution >= 4 is 15.8 Å². The fourth-order valence-electron chi connectivity index (χ4n) is 3.47. The normalized spacial score (nSPS) is 12.2. The molecule has 0 aliphatic carbocycles. The van der Waals surface area contributed by atoms with Gasteiger partial charge in [-0.1, -0.05) is 55.3 Å². The van der Waals surface area contributed by atoms with E-state index in [4.69, 9.17) is 0 Å². The van der Waals surface area contributed by atoms with Crippen molar-refractivity contribution < 1.29 is 13.2 Å². The number of benzene rings is 2. The molecular formula is C24H26N4O3S. The summed E-state index contributed by atoms with van der Waals surface area (Å²) >= 11 is 0. The van der Waals surface area contributed by atoms with Crippen LogP contribution in [0.2, 0.25) is 0 Å². The molecule has 0 amide bonds. The lowest BCUT2D eigenvalue weighted by molar-refractivity contribution is -0.117. The Morgan fingerprint density at radius 2 is 1.81 bits per heavy atom. The van der Waals surface area contributed by atoms with Gasteiger partial charge in [-0.25, -0.2) is 18.1 Å². The number of unbranched alkanes of at least 4 members (excludes halogenated alkanes) is 2. The molecule has 2 aromatic carbocycles. The standard InChI is InChI=1S/C24H26N4O3S/c1-18(29)10-4-2-7-14-21(24-26-17-22(27-24)19-11-5-3-6-12-19)28-32(30,31)23-15-9-8-13-20(23)16-25/h3,5-6,8-9,11-13,15,17,21,28H,2,4,7,10,14H2,1H3,(H,26,27)/t21-/m0/s1. The number of nitriles is 1. The van der Waals surface area contributed by atoms with Gasteiger partial charge in [0.05, 0.1) is 28.4 Å². The number of hydrogen-bond donors (Lipinski definition) is 2. The summed E-state index contributed by atoms with van der Waals surface area (Å²) in [4.78, 5) is 18.8. The topological polar surface area (TPSA) is 116 Å². The highest BCUT2D eigenvalue weighted by Crippen LogP contribution is 2.25. The van der Waals surface area contributed by atoms with Crippen molar-refractivity contribution in [2.75, 3.05) is 0 Å². The van der Waals surface area contributed by atoms with Crippen molar-refractivity contribution in [3.8, 4) is 17.3 Å². The predicted octanol–water partition coefficient (Wildman–Crippen LogP) is 4.51. The van der Waals surface area contributed by atoms with Gasteiger partial charge in [-0.3, -0.25) is 0 Å². The second-order valence-corrected chi connectivity index (χ2v) is 9.31. The third-order valence-corrected chi connectivity index (χ3v) is 6.66. The molecule has 3 rings (SSSR count). The van der Waals surface area contributed by atoms with E-state index < -0.39 is 16.1 Å². The minimum Gasteiger partial charge on any atom is -0.341 e. The lowest BCUT2D eigenvalue weighted by Crippen LogP contribution is -2.30. The van der Waals surface area contributed by atoms with Gasteiger partial charge < -0.3 is 9.78 Å². The molecule has 1 atom stereocenters. The Balaban J connectivity index is 1.83. The van der Waals surface area contributed by atoms with Crippen LogP contribution in [0.15, 0.2) is 65.7 Å². The molecular weight excluding hydrogens is 424 g/mol. The first kappa shape index (κ1) is 23.4. The fraction of sp³-hybridized carbons (Fsp3) is 0.292. The maximum atomic E-state index is 13.1. The van der Waals surface area contributed by atoms with Gasteiger partial charge in [-0.2, -0.15) is 5.26 Å². The number of H-pyrrole nitrogens is 1. The van der Waals surface area contributed by atoms with E-state index in [-0.39, 0.29) is 16.2 Å². The Morgan fingerprint density at radius 3 is 2.53 bits per heavy atom. The van der Waals surface area contributed by atoms with E-state index in [9.17, 15) is 18.5 Å². The van der Waals surface area contributed by atoms with Crippen LogP contribution >= 0.6 is 0 Å². The van der Waals surface area contributed by atoms with Gasteiger partial charge in [0.1, 0.15) is 17.7 Å². The number of rotatable bonds is 11. The summed E-state index contributed by atoms with van der Waals surface area (Å²) in [5, 5.41) is 9.32. The zero-order chi connectivity index (χ0) is 23.0. The molecule has 1 heterocycles. The number of nitrogens with one attached hydrogen (secondary N) is 2. The first-order chi connectivity index (χ1) is 15.4. The number of carbonyl (C=O) groups excluding carboxylic acids is 1. The van der Waals surface area contributed by atoms with E-state index in [0.717, 1.165) is 30.5 Å². The van der Waals surface area contributed by atoms with Crippen LogP contribution in [0.5, 0.6) is 0 Å². The number of aromatic amines is 1. The molecule has 0 unspecified atom stereocenters. The Labute approximate surface area is 188 Å². The first-order valence-electron chi connectivity index (χ1n) is 10.5. The van der Waals surface area contributed by atoms with Crippen LogP contribution in [0.4, 0.5) is 0 Å². The van der Waals surface area contributed by atoms with Gasteiger partial charge >= 0.3 is 0 Å². The summed E-state index contributed by atoms with van der Waals surface area (Å²) in [5.41, 5.74) is 1.83. The summed E-state index contributed by atoms with van der Waals surface area (Å²) in [7, 11) is -3.95. The lowest BCUT2D eigenvalue weighted by atomic mass is 10.1. The molecule has 8 heteroatoms. The van der Waals surface area contributed by atoms with Gasteiger partial charge in [-0.05, 0) is 37.5 Å². The summed E-state index contributed by atoms with van der Waals surface area (Å²) in [6.07, 6.45) is 5.00. The quantitative estimate of drug-likeness (QED) is 0.417. The second kappa shape index (κ2) is 10.8. The molecule has 0 aliphatic heterocycles. The van der Waals surface area contributed by atoms with Gasteiger partial charge in [0.25, 0.3) is 0 Å². The molecule has 166 valence electrons. The Morgan fingerprint density at radius 1 is 1.09 bits per heavy atom. The molecule has 0 saturated heterocycles. The lowest BCUT2D eigenvalue weighted by Gasteiger charge is -2.17. The zero-order valence-electron chi connectivity index (χ0n) is 17.9. The van der Waals surface area contributed by atoms with E-state index in [1.54, 1.807) is 25.3 Å². The zero-order valence-corrected chi connectivity index (χ0v) is 18.7. The Hall–Kier alpha value is -3.28. The van der Waals surface area contributed by atoms with Crippen molar-refractivity contribution in [2.24, 2.45) is 0 Å². The van der Waals surface area contributed by atoms with Crippen LogP contribution in [0, 0.1) is 11.3 Å². The molecule has 0 bridgehead atoms. The molecule has 1 aromatic heterocycles. The van der Waals surface area contributed by atoms with Gasteiger partial charge in [-0.15, -0.1) is 0 Å². The van der Waals surface area contributed by atoms with E-state index in [1.165, 1.54) is 12.1 Å². The minimum absolute atomic E-state index is 0.0566. The van der Waals surface area contributed by atoms with Gasteiger partial charge in [0.2, 0.25) is 10.0 Å². The van der Waals surface area contributed by atoms with Crippen LogP contribution in [0.3, 0.4) is 0 Å². The van der Waals surface area contributed by atoms with Crippen molar-refractivity contribution in [1.82, 2.24) is 14.7 Å². The maximum absolute atomic E-state index is 13.1. The van der Waals surface area contributed by atoms with Crippen LogP contribution in [0.1, 0.15) is 56.5 Å². The highest BCUT2D eigenvalue weighted by Gasteiger charge is 2.25. The molecule has 3 aromatic rings. The SMILES string of the molecule is CC(=O)CCCCC[C@H](NS(=O)(=O)c1ccccc1C#N)c1ncc(-c2ccccc2)[nH]1. The second-order valence-electron chi connectivity index (χ2n) is 7.63. The van der Waals surface area contributed by atoms with E-state index >= 15 is 0 Å². The Bertz CT molecular complexity index is 1200. The molecule has 0 radical (unpaired) electrons.